The zero-order valence-corrected chi connectivity index (χ0v) is 7.26. The minimum atomic E-state index is 1.17. The van der Waals surface area contributed by atoms with Crippen LogP contribution in [0, 0.1) is 23.7 Å². The van der Waals surface area contributed by atoms with Gasteiger partial charge in [-0.1, -0.05) is 12.8 Å². The zero-order chi connectivity index (χ0) is 7.26. The van der Waals surface area contributed by atoms with E-state index in [2.05, 4.69) is 0 Å². The second-order valence-corrected chi connectivity index (χ2v) is 4.93. The Labute approximate surface area is 69.4 Å². The fourth-order valence-electron chi connectivity index (χ4n) is 4.19. The molecular formula is C11H18. The first-order chi connectivity index (χ1) is 5.45. The minimum absolute atomic E-state index is 1.17. The normalized spacial score (nSPS) is 54.5. The summed E-state index contributed by atoms with van der Waals surface area (Å²) in [6.07, 6.45) is 11.1. The molecule has 11 heavy (non-hydrogen) atoms. The lowest BCUT2D eigenvalue weighted by atomic mass is 9.65. The molecule has 4 bridgehead atoms. The van der Waals surface area contributed by atoms with Gasteiger partial charge in [0.05, 0.1) is 0 Å². The molecule has 62 valence electrons. The van der Waals surface area contributed by atoms with Gasteiger partial charge in [0.2, 0.25) is 0 Å². The Kier molecular flexibility index (Phi) is 1.33. The summed E-state index contributed by atoms with van der Waals surface area (Å²) in [6.45, 7) is 0. The topological polar surface area (TPSA) is 0 Å². The molecule has 0 N–H and O–H groups in total. The predicted octanol–water partition coefficient (Wildman–Crippen LogP) is 3.22. The molecule has 0 aromatic carbocycles. The van der Waals surface area contributed by atoms with E-state index in [0.29, 0.717) is 0 Å². The summed E-state index contributed by atoms with van der Waals surface area (Å²) in [5.74, 6) is 4.74. The molecule has 0 aromatic rings. The van der Waals surface area contributed by atoms with Crippen molar-refractivity contribution < 1.29 is 0 Å². The van der Waals surface area contributed by atoms with Crippen molar-refractivity contribution >= 4 is 0 Å². The van der Waals surface area contributed by atoms with Crippen LogP contribution in [-0.2, 0) is 0 Å². The van der Waals surface area contributed by atoms with Gasteiger partial charge in [-0.2, -0.15) is 0 Å². The van der Waals surface area contributed by atoms with E-state index >= 15 is 0 Å². The lowest BCUT2D eigenvalue weighted by Gasteiger charge is -2.41. The van der Waals surface area contributed by atoms with Gasteiger partial charge in [-0.25, -0.2) is 0 Å². The molecule has 3 aliphatic carbocycles. The van der Waals surface area contributed by atoms with Crippen LogP contribution in [0.25, 0.3) is 0 Å². The van der Waals surface area contributed by atoms with Crippen LogP contribution in [0.3, 0.4) is 0 Å². The van der Waals surface area contributed by atoms with Gasteiger partial charge in [0.25, 0.3) is 0 Å². The first kappa shape index (κ1) is 6.51. The summed E-state index contributed by atoms with van der Waals surface area (Å²) in [7, 11) is 0. The lowest BCUT2D eigenvalue weighted by molar-refractivity contribution is 0.0946. The van der Waals surface area contributed by atoms with Crippen LogP contribution in [-0.4, -0.2) is 0 Å². The van der Waals surface area contributed by atoms with Crippen molar-refractivity contribution in [3.63, 3.8) is 0 Å². The molecule has 3 aliphatic rings. The Bertz CT molecular complexity index is 159. The van der Waals surface area contributed by atoms with Crippen LogP contribution in [0.4, 0.5) is 0 Å². The third-order valence-corrected chi connectivity index (χ3v) is 4.65. The smallest absolute Gasteiger partial charge is 0.0355 e. The van der Waals surface area contributed by atoms with E-state index in [1.807, 2.05) is 0 Å². The monoisotopic (exact) mass is 150 g/mol. The van der Waals surface area contributed by atoms with Crippen LogP contribution in [0.1, 0.15) is 44.9 Å². The van der Waals surface area contributed by atoms with Crippen molar-refractivity contribution in [1.82, 2.24) is 0 Å². The van der Waals surface area contributed by atoms with Gasteiger partial charge in [0.1, 0.15) is 0 Å². The highest BCUT2D eigenvalue weighted by Gasteiger charge is 2.45. The Morgan fingerprint density at radius 1 is 0.545 bits per heavy atom. The van der Waals surface area contributed by atoms with Gasteiger partial charge in [0.15, 0.2) is 0 Å². The van der Waals surface area contributed by atoms with Gasteiger partial charge in [-0.05, 0) is 55.8 Å². The summed E-state index contributed by atoms with van der Waals surface area (Å²) < 4.78 is 0. The van der Waals surface area contributed by atoms with Crippen molar-refractivity contribution in [2.75, 3.05) is 0 Å². The summed E-state index contributed by atoms with van der Waals surface area (Å²) in [6, 6.07) is 0. The minimum Gasteiger partial charge on any atom is -0.0527 e. The summed E-state index contributed by atoms with van der Waals surface area (Å²) in [5, 5.41) is 0. The average Bonchev–Trinajstić information content (AvgIpc) is 2.28. The number of hydrogen-bond acceptors (Lipinski definition) is 0. The van der Waals surface area contributed by atoms with Crippen molar-refractivity contribution in [1.29, 1.82) is 0 Å². The molecule has 3 fully saturated rings. The molecule has 0 aliphatic heterocycles. The molecule has 0 spiro atoms. The predicted molar refractivity (Wildman–Crippen MR) is 46.3 cm³/mol. The van der Waals surface area contributed by atoms with Crippen LogP contribution >= 0.6 is 0 Å². The Morgan fingerprint density at radius 2 is 1.18 bits per heavy atom. The van der Waals surface area contributed by atoms with Crippen LogP contribution < -0.4 is 0 Å². The van der Waals surface area contributed by atoms with E-state index in [1.54, 1.807) is 44.9 Å². The Hall–Kier alpha value is 0. The van der Waals surface area contributed by atoms with Crippen molar-refractivity contribution in [3.05, 3.63) is 0 Å². The SMILES string of the molecule is C1CC2CCC3CCC2C3C1. The molecule has 3 rings (SSSR count). The second kappa shape index (κ2) is 2.24. The molecule has 4 unspecified atom stereocenters. The zero-order valence-electron chi connectivity index (χ0n) is 7.26. The second-order valence-electron chi connectivity index (χ2n) is 4.93. The lowest BCUT2D eigenvalue weighted by Crippen LogP contribution is -2.31. The van der Waals surface area contributed by atoms with Crippen molar-refractivity contribution in [3.8, 4) is 0 Å². The first-order valence-electron chi connectivity index (χ1n) is 5.45. The maximum absolute atomic E-state index is 1.60. The fraction of sp³-hybridized carbons (Fsp3) is 1.00. The van der Waals surface area contributed by atoms with Gasteiger partial charge in [-0.3, -0.25) is 0 Å². The van der Waals surface area contributed by atoms with E-state index in [0.717, 1.165) is 0 Å². The van der Waals surface area contributed by atoms with E-state index in [1.165, 1.54) is 23.7 Å². The summed E-state index contributed by atoms with van der Waals surface area (Å²) in [4.78, 5) is 0. The molecule has 0 heteroatoms. The molecule has 0 nitrogen and oxygen atoms in total. The average molecular weight is 150 g/mol. The molecule has 4 atom stereocenters. The number of hydrogen-bond donors (Lipinski definition) is 0. The molecule has 0 saturated heterocycles. The van der Waals surface area contributed by atoms with Crippen molar-refractivity contribution in [2.24, 2.45) is 23.7 Å². The van der Waals surface area contributed by atoms with Crippen LogP contribution in [0.5, 0.6) is 0 Å². The van der Waals surface area contributed by atoms with E-state index in [-0.39, 0.29) is 0 Å². The third-order valence-electron chi connectivity index (χ3n) is 4.65. The highest BCUT2D eigenvalue weighted by Crippen LogP contribution is 2.55. The quantitative estimate of drug-likeness (QED) is 0.497. The van der Waals surface area contributed by atoms with E-state index in [9.17, 15) is 0 Å². The Balaban J connectivity index is 1.91. The van der Waals surface area contributed by atoms with E-state index < -0.39 is 0 Å². The Morgan fingerprint density at radius 3 is 2.00 bits per heavy atom. The fourth-order valence-corrected chi connectivity index (χ4v) is 4.19. The van der Waals surface area contributed by atoms with Gasteiger partial charge < -0.3 is 0 Å². The van der Waals surface area contributed by atoms with E-state index in [4.69, 9.17) is 0 Å². The highest BCUT2D eigenvalue weighted by atomic mass is 14.5. The van der Waals surface area contributed by atoms with Gasteiger partial charge in [-0.15, -0.1) is 0 Å². The maximum atomic E-state index is 1.60. The third kappa shape index (κ3) is 0.816. The van der Waals surface area contributed by atoms with Crippen LogP contribution in [0.2, 0.25) is 0 Å². The largest absolute Gasteiger partial charge is 0.0527 e. The maximum Gasteiger partial charge on any atom is -0.0355 e. The molecule has 0 heterocycles. The first-order valence-corrected chi connectivity index (χ1v) is 5.45. The van der Waals surface area contributed by atoms with Crippen LogP contribution in [0.15, 0.2) is 0 Å². The standard InChI is InChI=1S/C11H18/c1-2-8-4-5-9-6-7-11(8)10(9)3-1/h8-11H,1-7H2. The molecule has 0 radical (unpaired) electrons. The highest BCUT2D eigenvalue weighted by molar-refractivity contribution is 4.95. The molecular weight excluding hydrogens is 132 g/mol. The van der Waals surface area contributed by atoms with Crippen molar-refractivity contribution in [2.45, 2.75) is 44.9 Å². The molecule has 3 saturated carbocycles. The van der Waals surface area contributed by atoms with Gasteiger partial charge in [0, 0.05) is 0 Å². The molecule has 0 amide bonds. The number of rotatable bonds is 0. The summed E-state index contributed by atoms with van der Waals surface area (Å²) in [5.41, 5.74) is 0. The summed E-state index contributed by atoms with van der Waals surface area (Å²) >= 11 is 0. The van der Waals surface area contributed by atoms with Gasteiger partial charge >= 0.3 is 0 Å². The molecule has 0 aromatic heterocycles.